The first-order valence-corrected chi connectivity index (χ1v) is 5.28. The van der Waals surface area contributed by atoms with Crippen molar-refractivity contribution in [2.24, 2.45) is 5.92 Å². The van der Waals surface area contributed by atoms with Crippen LogP contribution in [0, 0.1) is 5.92 Å². The molecule has 0 aromatic carbocycles. The van der Waals surface area contributed by atoms with Crippen molar-refractivity contribution in [3.63, 3.8) is 0 Å². The van der Waals surface area contributed by atoms with Gasteiger partial charge in [-0.25, -0.2) is 0 Å². The zero-order valence-electron chi connectivity index (χ0n) is 8.57. The van der Waals surface area contributed by atoms with Crippen LogP contribution in [0.1, 0.15) is 12.8 Å². The average Bonchev–Trinajstić information content (AvgIpc) is 2.31. The van der Waals surface area contributed by atoms with Gasteiger partial charge in [0.25, 0.3) is 0 Å². The number of rotatable bonds is 2. The van der Waals surface area contributed by atoms with E-state index in [9.17, 15) is 4.79 Å². The van der Waals surface area contributed by atoms with Crippen LogP contribution in [0.15, 0.2) is 24.5 Å². The van der Waals surface area contributed by atoms with Crippen LogP contribution in [0.2, 0.25) is 0 Å². The SMILES string of the molecule is O=C(Nc1ccncc1)C1CCNCC1. The summed E-state index contributed by atoms with van der Waals surface area (Å²) < 4.78 is 0. The third-order valence-corrected chi connectivity index (χ3v) is 2.66. The maximum atomic E-state index is 11.8. The number of aromatic nitrogens is 1. The Bertz CT molecular complexity index is 320. The molecule has 4 nitrogen and oxygen atoms in total. The molecule has 1 aromatic rings. The Kier molecular flexibility index (Phi) is 3.29. The summed E-state index contributed by atoms with van der Waals surface area (Å²) in [6, 6.07) is 3.61. The fourth-order valence-corrected chi connectivity index (χ4v) is 1.76. The van der Waals surface area contributed by atoms with Gasteiger partial charge in [-0.2, -0.15) is 0 Å². The van der Waals surface area contributed by atoms with Crippen molar-refractivity contribution < 1.29 is 4.79 Å². The molecule has 1 aromatic heterocycles. The molecular formula is C11H15N3O. The lowest BCUT2D eigenvalue weighted by atomic mass is 9.97. The highest BCUT2D eigenvalue weighted by Crippen LogP contribution is 2.14. The first-order chi connectivity index (χ1) is 7.36. The van der Waals surface area contributed by atoms with E-state index in [0.717, 1.165) is 31.6 Å². The summed E-state index contributed by atoms with van der Waals surface area (Å²) in [6.07, 6.45) is 5.21. The lowest BCUT2D eigenvalue weighted by Crippen LogP contribution is -2.34. The Labute approximate surface area is 89.1 Å². The average molecular weight is 205 g/mol. The van der Waals surface area contributed by atoms with Crippen molar-refractivity contribution in [2.45, 2.75) is 12.8 Å². The number of pyridine rings is 1. The lowest BCUT2D eigenvalue weighted by Gasteiger charge is -2.21. The highest BCUT2D eigenvalue weighted by Gasteiger charge is 2.20. The first-order valence-electron chi connectivity index (χ1n) is 5.28. The van der Waals surface area contributed by atoms with E-state index in [1.165, 1.54) is 0 Å². The summed E-state index contributed by atoms with van der Waals surface area (Å²) in [4.78, 5) is 15.7. The number of anilines is 1. The smallest absolute Gasteiger partial charge is 0.227 e. The van der Waals surface area contributed by atoms with Crippen molar-refractivity contribution in [1.29, 1.82) is 0 Å². The van der Waals surface area contributed by atoms with Crippen molar-refractivity contribution in [1.82, 2.24) is 10.3 Å². The van der Waals surface area contributed by atoms with Crippen LogP contribution in [-0.2, 0) is 4.79 Å². The molecule has 2 heterocycles. The summed E-state index contributed by atoms with van der Waals surface area (Å²) in [7, 11) is 0. The van der Waals surface area contributed by atoms with Crippen LogP contribution in [0.25, 0.3) is 0 Å². The second kappa shape index (κ2) is 4.89. The van der Waals surface area contributed by atoms with E-state index < -0.39 is 0 Å². The predicted octanol–water partition coefficient (Wildman–Crippen LogP) is 1.02. The van der Waals surface area contributed by atoms with Crippen molar-refractivity contribution >= 4 is 11.6 Å². The molecule has 0 bridgehead atoms. The van der Waals surface area contributed by atoms with Gasteiger partial charge in [0.15, 0.2) is 0 Å². The summed E-state index contributed by atoms with van der Waals surface area (Å²) in [6.45, 7) is 1.88. The topological polar surface area (TPSA) is 54.0 Å². The molecule has 1 fully saturated rings. The quantitative estimate of drug-likeness (QED) is 0.758. The summed E-state index contributed by atoms with van der Waals surface area (Å²) in [5.41, 5.74) is 0.827. The number of piperidine rings is 1. The summed E-state index contributed by atoms with van der Waals surface area (Å²) >= 11 is 0. The molecular weight excluding hydrogens is 190 g/mol. The molecule has 0 spiro atoms. The summed E-state index contributed by atoms with van der Waals surface area (Å²) in [5, 5.41) is 6.15. The maximum Gasteiger partial charge on any atom is 0.227 e. The number of hydrogen-bond acceptors (Lipinski definition) is 3. The monoisotopic (exact) mass is 205 g/mol. The van der Waals surface area contributed by atoms with Crippen molar-refractivity contribution in [3.05, 3.63) is 24.5 Å². The van der Waals surface area contributed by atoms with E-state index in [-0.39, 0.29) is 11.8 Å². The minimum absolute atomic E-state index is 0.128. The van der Waals surface area contributed by atoms with Gasteiger partial charge in [0.05, 0.1) is 0 Å². The minimum atomic E-state index is 0.128. The van der Waals surface area contributed by atoms with Crippen LogP contribution >= 0.6 is 0 Å². The predicted molar refractivity (Wildman–Crippen MR) is 58.5 cm³/mol. The van der Waals surface area contributed by atoms with Gasteiger partial charge in [-0.3, -0.25) is 9.78 Å². The molecule has 2 N–H and O–H groups in total. The Morgan fingerprint density at radius 2 is 2.00 bits per heavy atom. The molecule has 1 aliphatic heterocycles. The van der Waals surface area contributed by atoms with E-state index in [1.54, 1.807) is 24.5 Å². The van der Waals surface area contributed by atoms with Crippen LogP contribution in [0.5, 0.6) is 0 Å². The third kappa shape index (κ3) is 2.76. The van der Waals surface area contributed by atoms with E-state index in [2.05, 4.69) is 15.6 Å². The fourth-order valence-electron chi connectivity index (χ4n) is 1.76. The van der Waals surface area contributed by atoms with Crippen molar-refractivity contribution in [2.75, 3.05) is 18.4 Å². The Morgan fingerprint density at radius 3 is 2.67 bits per heavy atom. The third-order valence-electron chi connectivity index (χ3n) is 2.66. The van der Waals surface area contributed by atoms with E-state index in [4.69, 9.17) is 0 Å². The van der Waals surface area contributed by atoms with Gasteiger partial charge >= 0.3 is 0 Å². The number of hydrogen-bond donors (Lipinski definition) is 2. The molecule has 1 aliphatic rings. The van der Waals surface area contributed by atoms with Gasteiger partial charge in [0.2, 0.25) is 5.91 Å². The zero-order chi connectivity index (χ0) is 10.5. The molecule has 4 heteroatoms. The van der Waals surface area contributed by atoms with Gasteiger partial charge in [-0.05, 0) is 38.1 Å². The summed E-state index contributed by atoms with van der Waals surface area (Å²) in [5.74, 6) is 0.280. The molecule has 2 rings (SSSR count). The van der Waals surface area contributed by atoms with Crippen LogP contribution in [0.4, 0.5) is 5.69 Å². The number of amides is 1. The Morgan fingerprint density at radius 1 is 1.33 bits per heavy atom. The highest BCUT2D eigenvalue weighted by molar-refractivity contribution is 5.92. The zero-order valence-corrected chi connectivity index (χ0v) is 8.57. The first kappa shape index (κ1) is 10.1. The molecule has 80 valence electrons. The van der Waals surface area contributed by atoms with Crippen LogP contribution in [0.3, 0.4) is 0 Å². The van der Waals surface area contributed by atoms with Crippen LogP contribution in [-0.4, -0.2) is 24.0 Å². The van der Waals surface area contributed by atoms with Gasteiger partial charge < -0.3 is 10.6 Å². The molecule has 1 saturated heterocycles. The molecule has 15 heavy (non-hydrogen) atoms. The Balaban J connectivity index is 1.91. The molecule has 0 radical (unpaired) electrons. The largest absolute Gasteiger partial charge is 0.326 e. The lowest BCUT2D eigenvalue weighted by molar-refractivity contribution is -0.120. The van der Waals surface area contributed by atoms with E-state index in [0.29, 0.717) is 0 Å². The second-order valence-electron chi connectivity index (χ2n) is 3.75. The standard InChI is InChI=1S/C11H15N3O/c15-11(9-1-5-12-6-2-9)14-10-3-7-13-8-4-10/h3-4,7-9,12H,1-2,5-6H2,(H,13,14,15). The molecule has 0 unspecified atom stereocenters. The van der Waals surface area contributed by atoms with Gasteiger partial charge in [-0.1, -0.05) is 0 Å². The Hall–Kier alpha value is -1.42. The molecule has 0 saturated carbocycles. The van der Waals surface area contributed by atoms with Crippen LogP contribution < -0.4 is 10.6 Å². The van der Waals surface area contributed by atoms with Gasteiger partial charge in [0, 0.05) is 24.0 Å². The van der Waals surface area contributed by atoms with E-state index >= 15 is 0 Å². The molecule has 0 aliphatic carbocycles. The van der Waals surface area contributed by atoms with Crippen molar-refractivity contribution in [3.8, 4) is 0 Å². The number of nitrogens with one attached hydrogen (secondary N) is 2. The number of carbonyl (C=O) groups excluding carboxylic acids is 1. The number of carbonyl (C=O) groups is 1. The molecule has 1 amide bonds. The molecule has 0 atom stereocenters. The van der Waals surface area contributed by atoms with Gasteiger partial charge in [-0.15, -0.1) is 0 Å². The van der Waals surface area contributed by atoms with E-state index in [1.807, 2.05) is 0 Å². The number of nitrogens with zero attached hydrogens (tertiary/aromatic N) is 1. The second-order valence-corrected chi connectivity index (χ2v) is 3.75. The fraction of sp³-hybridized carbons (Fsp3) is 0.455. The minimum Gasteiger partial charge on any atom is -0.326 e. The normalized spacial score (nSPS) is 17.3. The highest BCUT2D eigenvalue weighted by atomic mass is 16.1. The van der Waals surface area contributed by atoms with Gasteiger partial charge in [0.1, 0.15) is 0 Å². The maximum absolute atomic E-state index is 11.8.